The highest BCUT2D eigenvalue weighted by atomic mass is 16.3. The molecule has 0 saturated heterocycles. The van der Waals surface area contributed by atoms with Crippen molar-refractivity contribution in [3.05, 3.63) is 223 Å². The zero-order valence-electron chi connectivity index (χ0n) is 38.6. The monoisotopic (exact) mass is 851 g/mol. The first-order valence-electron chi connectivity index (χ1n) is 23.2. The summed E-state index contributed by atoms with van der Waals surface area (Å²) in [5.41, 5.74) is 16.8. The lowest BCUT2D eigenvalue weighted by Crippen LogP contribution is -2.16. The van der Waals surface area contributed by atoms with Crippen LogP contribution in [0.25, 0.3) is 88.0 Å². The second-order valence-corrected chi connectivity index (χ2v) is 19.7. The van der Waals surface area contributed by atoms with Crippen LogP contribution in [0, 0.1) is 0 Å². The molecule has 0 aliphatic carbocycles. The van der Waals surface area contributed by atoms with E-state index < -0.39 is 0 Å². The number of hydrogen-bond acceptors (Lipinski definition) is 2. The average molecular weight is 852 g/mol. The summed E-state index contributed by atoms with van der Waals surface area (Å²) in [5.74, 6) is 0. The van der Waals surface area contributed by atoms with Crippen molar-refractivity contribution in [2.24, 2.45) is 0 Å². The van der Waals surface area contributed by atoms with Gasteiger partial charge in [0.2, 0.25) is 0 Å². The summed E-state index contributed by atoms with van der Waals surface area (Å²) in [6.45, 7) is 13.9. The van der Waals surface area contributed by atoms with E-state index in [1.807, 2.05) is 0 Å². The molecule has 2 nitrogen and oxygen atoms in total. The molecule has 0 aliphatic heterocycles. The summed E-state index contributed by atoms with van der Waals surface area (Å²) in [4.78, 5) is 2.47. The average Bonchev–Trinajstić information content (AvgIpc) is 3.73. The van der Waals surface area contributed by atoms with Crippen LogP contribution in [0.5, 0.6) is 0 Å². The van der Waals surface area contributed by atoms with Crippen LogP contribution in [-0.2, 0) is 10.8 Å². The van der Waals surface area contributed by atoms with E-state index in [0.717, 1.165) is 61.3 Å². The Balaban J connectivity index is 1.23. The van der Waals surface area contributed by atoms with Gasteiger partial charge >= 0.3 is 0 Å². The third kappa shape index (κ3) is 7.24. The van der Waals surface area contributed by atoms with E-state index in [4.69, 9.17) is 4.42 Å². The van der Waals surface area contributed by atoms with Gasteiger partial charge in [0.05, 0.1) is 17.1 Å². The standard InChI is InChI=1S/C64H53NO/c1-63(2,3)47-38-46(39-48(41-47)64(4,5)6)52-30-17-24-44-25-18-31-55(61(44)52)53-27-12-14-33-57(53)65(58-34-19-32-56-54-28-13-15-35-60(54)66-62(56)58)59-40-45(36-37-51(59)43-20-8-7-9-21-43)50-29-16-23-42-22-10-11-26-49(42)50/h7-41H,1-6H3. The Morgan fingerprint density at radius 2 is 0.894 bits per heavy atom. The number of furan rings is 1. The van der Waals surface area contributed by atoms with Crippen LogP contribution >= 0.6 is 0 Å². The fraction of sp³-hybridized carbons (Fsp3) is 0.125. The number of anilines is 3. The van der Waals surface area contributed by atoms with Gasteiger partial charge in [-0.15, -0.1) is 0 Å². The fourth-order valence-electron chi connectivity index (χ4n) is 9.87. The Kier molecular flexibility index (Phi) is 10.0. The number of fused-ring (bicyclic) bond motifs is 5. The van der Waals surface area contributed by atoms with Crippen molar-refractivity contribution in [2.45, 2.75) is 52.4 Å². The number of para-hydroxylation sites is 3. The summed E-state index contributed by atoms with van der Waals surface area (Å²) >= 11 is 0. The first-order chi connectivity index (χ1) is 32.0. The molecule has 10 aromatic carbocycles. The van der Waals surface area contributed by atoms with E-state index in [0.29, 0.717) is 0 Å². The Morgan fingerprint density at radius 3 is 1.65 bits per heavy atom. The van der Waals surface area contributed by atoms with E-state index in [1.165, 1.54) is 54.9 Å². The van der Waals surface area contributed by atoms with Gasteiger partial charge in [-0.25, -0.2) is 0 Å². The van der Waals surface area contributed by atoms with Crippen molar-refractivity contribution in [2.75, 3.05) is 4.90 Å². The normalized spacial score (nSPS) is 12.1. The van der Waals surface area contributed by atoms with Crippen LogP contribution in [0.2, 0.25) is 0 Å². The van der Waals surface area contributed by atoms with Crippen LogP contribution < -0.4 is 4.90 Å². The topological polar surface area (TPSA) is 16.4 Å². The predicted octanol–water partition coefficient (Wildman–Crippen LogP) is 18.6. The summed E-state index contributed by atoms with van der Waals surface area (Å²) in [6, 6.07) is 77.9. The quantitative estimate of drug-likeness (QED) is 0.159. The minimum Gasteiger partial charge on any atom is -0.454 e. The van der Waals surface area contributed by atoms with Gasteiger partial charge in [-0.3, -0.25) is 0 Å². The number of benzene rings is 10. The van der Waals surface area contributed by atoms with Gasteiger partial charge in [-0.1, -0.05) is 230 Å². The maximum absolute atomic E-state index is 6.95. The Morgan fingerprint density at radius 1 is 0.333 bits per heavy atom. The third-order valence-corrected chi connectivity index (χ3v) is 13.4. The smallest absolute Gasteiger partial charge is 0.159 e. The first kappa shape index (κ1) is 41.1. The molecule has 0 unspecified atom stereocenters. The zero-order valence-corrected chi connectivity index (χ0v) is 38.6. The molecule has 11 rings (SSSR count). The highest BCUT2D eigenvalue weighted by Crippen LogP contribution is 2.51. The molecule has 0 aliphatic rings. The lowest BCUT2D eigenvalue weighted by molar-refractivity contribution is 0.569. The van der Waals surface area contributed by atoms with E-state index in [2.05, 4.69) is 259 Å². The van der Waals surface area contributed by atoms with E-state index in [1.54, 1.807) is 0 Å². The van der Waals surface area contributed by atoms with Crippen LogP contribution in [0.3, 0.4) is 0 Å². The molecule has 0 atom stereocenters. The maximum atomic E-state index is 6.95. The van der Waals surface area contributed by atoms with Crippen LogP contribution in [-0.4, -0.2) is 0 Å². The van der Waals surface area contributed by atoms with E-state index in [9.17, 15) is 0 Å². The summed E-state index contributed by atoms with van der Waals surface area (Å²) < 4.78 is 6.95. The molecule has 1 heterocycles. The fourth-order valence-corrected chi connectivity index (χ4v) is 9.87. The molecule has 320 valence electrons. The van der Waals surface area contributed by atoms with Crippen LogP contribution in [0.15, 0.2) is 217 Å². The lowest BCUT2D eigenvalue weighted by Gasteiger charge is -2.31. The molecule has 0 N–H and O–H groups in total. The Bertz CT molecular complexity index is 3570. The van der Waals surface area contributed by atoms with Crippen molar-refractivity contribution in [3.63, 3.8) is 0 Å². The van der Waals surface area contributed by atoms with Gasteiger partial charge < -0.3 is 9.32 Å². The SMILES string of the molecule is CC(C)(C)c1cc(-c2cccc3cccc(-c4ccccc4N(c4cc(-c5cccc6ccccc56)ccc4-c4ccccc4)c4cccc5c4oc4ccccc45)c23)cc(C(C)(C)C)c1. The minimum atomic E-state index is -0.0226. The molecule has 0 spiro atoms. The van der Waals surface area contributed by atoms with Gasteiger partial charge in [-0.2, -0.15) is 0 Å². The van der Waals surface area contributed by atoms with Crippen molar-refractivity contribution in [1.82, 2.24) is 0 Å². The van der Waals surface area contributed by atoms with Gasteiger partial charge in [0.15, 0.2) is 5.58 Å². The largest absolute Gasteiger partial charge is 0.454 e. The van der Waals surface area contributed by atoms with Crippen LogP contribution in [0.1, 0.15) is 52.7 Å². The first-order valence-corrected chi connectivity index (χ1v) is 23.2. The molecule has 0 saturated carbocycles. The van der Waals surface area contributed by atoms with Crippen molar-refractivity contribution >= 4 is 60.5 Å². The molecular weight excluding hydrogens is 799 g/mol. The highest BCUT2D eigenvalue weighted by Gasteiger charge is 2.27. The highest BCUT2D eigenvalue weighted by molar-refractivity contribution is 6.13. The molecule has 0 bridgehead atoms. The van der Waals surface area contributed by atoms with Gasteiger partial charge in [0, 0.05) is 21.9 Å². The van der Waals surface area contributed by atoms with Crippen molar-refractivity contribution in [3.8, 4) is 44.5 Å². The van der Waals surface area contributed by atoms with E-state index >= 15 is 0 Å². The molecule has 2 heteroatoms. The Hall–Kier alpha value is -7.68. The molecule has 0 amide bonds. The second kappa shape index (κ2) is 16.1. The molecular formula is C64H53NO. The summed E-state index contributed by atoms with van der Waals surface area (Å²) in [5, 5.41) is 7.05. The molecule has 0 radical (unpaired) electrons. The lowest BCUT2D eigenvalue weighted by atomic mass is 9.78. The Labute approximate surface area is 388 Å². The number of hydrogen-bond donors (Lipinski definition) is 0. The summed E-state index contributed by atoms with van der Waals surface area (Å²) in [7, 11) is 0. The number of nitrogens with zero attached hydrogens (tertiary/aromatic N) is 1. The molecule has 1 aromatic heterocycles. The maximum Gasteiger partial charge on any atom is 0.159 e. The van der Waals surface area contributed by atoms with Crippen molar-refractivity contribution < 1.29 is 4.42 Å². The van der Waals surface area contributed by atoms with Gasteiger partial charge in [0.1, 0.15) is 5.58 Å². The number of rotatable bonds is 7. The second-order valence-electron chi connectivity index (χ2n) is 19.7. The molecule has 0 fully saturated rings. The van der Waals surface area contributed by atoms with Gasteiger partial charge in [0.25, 0.3) is 0 Å². The summed E-state index contributed by atoms with van der Waals surface area (Å²) in [6.07, 6.45) is 0. The minimum absolute atomic E-state index is 0.0226. The third-order valence-electron chi connectivity index (χ3n) is 13.4. The predicted molar refractivity (Wildman–Crippen MR) is 283 cm³/mol. The molecule has 11 aromatic rings. The van der Waals surface area contributed by atoms with E-state index in [-0.39, 0.29) is 10.8 Å². The zero-order chi connectivity index (χ0) is 45.2. The molecule has 66 heavy (non-hydrogen) atoms. The van der Waals surface area contributed by atoms with Gasteiger partial charge in [-0.05, 0) is 101 Å². The van der Waals surface area contributed by atoms with Crippen molar-refractivity contribution in [1.29, 1.82) is 0 Å². The van der Waals surface area contributed by atoms with Crippen LogP contribution in [0.4, 0.5) is 17.1 Å².